The molecule has 1 atom stereocenters. The van der Waals surface area contributed by atoms with Crippen LogP contribution >= 0.6 is 0 Å². The molecular weight excluding hydrogens is 340 g/mol. The molecule has 27 heavy (non-hydrogen) atoms. The summed E-state index contributed by atoms with van der Waals surface area (Å²) in [6.07, 6.45) is 4.54. The van der Waals surface area contributed by atoms with Gasteiger partial charge in [0.15, 0.2) is 5.82 Å². The molecule has 2 aliphatic rings. The van der Waals surface area contributed by atoms with Crippen molar-refractivity contribution in [1.29, 1.82) is 0 Å². The van der Waals surface area contributed by atoms with Gasteiger partial charge < -0.3 is 19.7 Å². The topological polar surface area (TPSA) is 66.3 Å². The van der Waals surface area contributed by atoms with Crippen LogP contribution in [0, 0.1) is 0 Å². The van der Waals surface area contributed by atoms with Crippen LogP contribution < -0.4 is 5.32 Å². The number of piperazine rings is 1. The summed E-state index contributed by atoms with van der Waals surface area (Å²) >= 11 is 0. The van der Waals surface area contributed by atoms with Crippen molar-refractivity contribution in [3.63, 3.8) is 0 Å². The van der Waals surface area contributed by atoms with Gasteiger partial charge in [-0.15, -0.1) is 10.2 Å². The Bertz CT molecular complexity index is 774. The third-order valence-electron chi connectivity index (χ3n) is 5.61. The lowest BCUT2D eigenvalue weighted by molar-refractivity contribution is 0.108. The number of amides is 2. The summed E-state index contributed by atoms with van der Waals surface area (Å²) in [4.78, 5) is 17.2. The third kappa shape index (κ3) is 3.98. The number of rotatable bonds is 3. The van der Waals surface area contributed by atoms with Crippen molar-refractivity contribution in [3.8, 4) is 0 Å². The highest BCUT2D eigenvalue weighted by Crippen LogP contribution is 2.25. The number of carbonyl (C=O) groups excluding carboxylic acids is 1. The first-order chi connectivity index (χ1) is 13.2. The predicted molar refractivity (Wildman–Crippen MR) is 103 cm³/mol. The van der Waals surface area contributed by atoms with Crippen molar-refractivity contribution in [2.45, 2.75) is 44.8 Å². The van der Waals surface area contributed by atoms with Crippen LogP contribution in [0.4, 0.5) is 4.79 Å². The second kappa shape index (κ2) is 8.08. The molecule has 2 amide bonds. The van der Waals surface area contributed by atoms with Crippen LogP contribution in [0.15, 0.2) is 30.3 Å². The monoisotopic (exact) mass is 368 g/mol. The molecule has 0 bridgehead atoms. The van der Waals surface area contributed by atoms with E-state index >= 15 is 0 Å². The van der Waals surface area contributed by atoms with Crippen LogP contribution in [-0.2, 0) is 19.5 Å². The zero-order valence-corrected chi connectivity index (χ0v) is 16.0. The van der Waals surface area contributed by atoms with E-state index in [2.05, 4.69) is 44.2 Å². The number of fused-ring (bicyclic) bond motifs is 1. The minimum Gasteiger partial charge on any atom is -0.331 e. The number of aryl methyl sites for hydroxylation is 1. The van der Waals surface area contributed by atoms with E-state index in [0.717, 1.165) is 50.7 Å². The number of benzene rings is 1. The fourth-order valence-corrected chi connectivity index (χ4v) is 4.06. The van der Waals surface area contributed by atoms with Crippen molar-refractivity contribution < 1.29 is 4.79 Å². The number of likely N-dealkylation sites (N-methyl/N-ethyl adjacent to an activating group) is 1. The number of aromatic nitrogens is 3. The number of urea groups is 1. The predicted octanol–water partition coefficient (Wildman–Crippen LogP) is 2.20. The number of nitrogens with zero attached hydrogens (tertiary/aromatic N) is 5. The average molecular weight is 368 g/mol. The molecule has 3 heterocycles. The van der Waals surface area contributed by atoms with E-state index in [1.807, 2.05) is 23.1 Å². The zero-order valence-electron chi connectivity index (χ0n) is 16.0. The van der Waals surface area contributed by atoms with E-state index in [4.69, 9.17) is 0 Å². The Morgan fingerprint density at radius 3 is 2.81 bits per heavy atom. The lowest BCUT2D eigenvalue weighted by Gasteiger charge is -2.40. The van der Waals surface area contributed by atoms with Gasteiger partial charge in [0, 0.05) is 32.6 Å². The summed E-state index contributed by atoms with van der Waals surface area (Å²) < 4.78 is 2.19. The minimum absolute atomic E-state index is 0.0251. The fourth-order valence-electron chi connectivity index (χ4n) is 4.06. The second-order valence-corrected chi connectivity index (χ2v) is 7.54. The highest BCUT2D eigenvalue weighted by Gasteiger charge is 2.30. The molecule has 2 aliphatic heterocycles. The van der Waals surface area contributed by atoms with Crippen molar-refractivity contribution in [3.05, 3.63) is 47.5 Å². The fraction of sp³-hybridized carbons (Fsp3) is 0.550. The first-order valence-corrected chi connectivity index (χ1v) is 9.91. The van der Waals surface area contributed by atoms with Gasteiger partial charge in [0.1, 0.15) is 5.82 Å². The van der Waals surface area contributed by atoms with E-state index < -0.39 is 0 Å². The van der Waals surface area contributed by atoms with E-state index in [1.165, 1.54) is 18.4 Å². The Hall–Kier alpha value is -2.41. The normalized spacial score (nSPS) is 20.8. The molecule has 2 aromatic rings. The van der Waals surface area contributed by atoms with Gasteiger partial charge in [-0.05, 0) is 25.5 Å². The lowest BCUT2D eigenvalue weighted by atomic mass is 10.0. The highest BCUT2D eigenvalue weighted by atomic mass is 16.2. The smallest absolute Gasteiger partial charge is 0.318 e. The van der Waals surface area contributed by atoms with E-state index in [-0.39, 0.29) is 12.1 Å². The van der Waals surface area contributed by atoms with Gasteiger partial charge >= 0.3 is 6.03 Å². The molecule has 144 valence electrons. The summed E-state index contributed by atoms with van der Waals surface area (Å²) in [5.74, 6) is 1.92. The molecule has 7 heteroatoms. The van der Waals surface area contributed by atoms with Gasteiger partial charge in [-0.2, -0.15) is 0 Å². The standard InChI is InChI=1S/C20H28N6O/c1-24-12-13-25(17(15-24)16-8-4-2-5-9-16)20(27)21-14-19-23-22-18-10-6-3-7-11-26(18)19/h2,4-5,8-9,17H,3,6-7,10-15H2,1H3,(H,21,27). The van der Waals surface area contributed by atoms with Crippen LogP contribution in [0.2, 0.25) is 0 Å². The lowest BCUT2D eigenvalue weighted by Crippen LogP contribution is -2.52. The molecule has 0 spiro atoms. The van der Waals surface area contributed by atoms with Crippen LogP contribution in [-0.4, -0.2) is 57.3 Å². The minimum atomic E-state index is -0.0251. The molecule has 1 fully saturated rings. The zero-order chi connectivity index (χ0) is 18.6. The summed E-state index contributed by atoms with van der Waals surface area (Å²) in [5, 5.41) is 11.7. The van der Waals surface area contributed by atoms with Gasteiger partial charge in [-0.25, -0.2) is 4.79 Å². The van der Waals surface area contributed by atoms with Crippen LogP contribution in [0.5, 0.6) is 0 Å². The average Bonchev–Trinajstić information content (AvgIpc) is 2.92. The summed E-state index contributed by atoms with van der Waals surface area (Å²) in [6, 6.07) is 10.3. The molecule has 0 radical (unpaired) electrons. The van der Waals surface area contributed by atoms with Crippen molar-refractivity contribution in [1.82, 2.24) is 29.9 Å². The number of carbonyl (C=O) groups is 1. The molecule has 1 aromatic heterocycles. The number of hydrogen-bond donors (Lipinski definition) is 1. The molecule has 1 N–H and O–H groups in total. The van der Waals surface area contributed by atoms with Gasteiger partial charge in [0.25, 0.3) is 0 Å². The van der Waals surface area contributed by atoms with Gasteiger partial charge in [0.2, 0.25) is 0 Å². The summed E-state index contributed by atoms with van der Waals surface area (Å²) in [6.45, 7) is 3.84. The maximum Gasteiger partial charge on any atom is 0.318 e. The molecule has 1 aromatic carbocycles. The summed E-state index contributed by atoms with van der Waals surface area (Å²) in [7, 11) is 2.11. The SMILES string of the molecule is CN1CCN(C(=O)NCc2nnc3n2CCCCC3)C(c2ccccc2)C1. The Kier molecular flexibility index (Phi) is 5.38. The van der Waals surface area contributed by atoms with Crippen molar-refractivity contribution >= 4 is 6.03 Å². The maximum atomic E-state index is 13.0. The molecule has 4 rings (SSSR count). The van der Waals surface area contributed by atoms with Crippen LogP contribution in [0.1, 0.15) is 42.5 Å². The first-order valence-electron chi connectivity index (χ1n) is 9.91. The Balaban J connectivity index is 1.45. The van der Waals surface area contributed by atoms with Gasteiger partial charge in [0.05, 0.1) is 12.6 Å². The Morgan fingerprint density at radius 1 is 1.11 bits per heavy atom. The second-order valence-electron chi connectivity index (χ2n) is 7.54. The molecule has 1 saturated heterocycles. The largest absolute Gasteiger partial charge is 0.331 e. The molecule has 0 saturated carbocycles. The van der Waals surface area contributed by atoms with Crippen molar-refractivity contribution in [2.75, 3.05) is 26.7 Å². The molecule has 7 nitrogen and oxygen atoms in total. The summed E-state index contributed by atoms with van der Waals surface area (Å²) in [5.41, 5.74) is 1.18. The van der Waals surface area contributed by atoms with E-state index in [0.29, 0.717) is 6.54 Å². The Morgan fingerprint density at radius 2 is 1.96 bits per heavy atom. The maximum absolute atomic E-state index is 13.0. The number of nitrogens with one attached hydrogen (secondary N) is 1. The van der Waals surface area contributed by atoms with Gasteiger partial charge in [-0.1, -0.05) is 36.8 Å². The number of hydrogen-bond acceptors (Lipinski definition) is 4. The highest BCUT2D eigenvalue weighted by molar-refractivity contribution is 5.75. The molecular formula is C20H28N6O. The van der Waals surface area contributed by atoms with Crippen molar-refractivity contribution in [2.24, 2.45) is 0 Å². The van der Waals surface area contributed by atoms with Crippen LogP contribution in [0.3, 0.4) is 0 Å². The van der Waals surface area contributed by atoms with Gasteiger partial charge in [-0.3, -0.25) is 0 Å². The van der Waals surface area contributed by atoms with Crippen LogP contribution in [0.25, 0.3) is 0 Å². The Labute approximate surface area is 160 Å². The third-order valence-corrected chi connectivity index (χ3v) is 5.61. The molecule has 1 unspecified atom stereocenters. The van der Waals surface area contributed by atoms with E-state index in [9.17, 15) is 4.79 Å². The molecule has 0 aliphatic carbocycles. The van der Waals surface area contributed by atoms with E-state index in [1.54, 1.807) is 0 Å². The quantitative estimate of drug-likeness (QED) is 0.902. The first kappa shape index (κ1) is 18.0.